The number of carbonyl (C=O) groups excluding carboxylic acids is 7. The number of pyridine rings is 2. The monoisotopic (exact) mass is 1240 g/mol. The molecule has 4 N–H and O–H groups in total. The number of esters is 2. The Morgan fingerprint density at radius 1 is 0.576 bits per heavy atom. The number of allylic oxidation sites excluding steroid dienone is 7. The molecule has 18 nitrogen and oxygen atoms in total. The van der Waals surface area contributed by atoms with Gasteiger partial charge < -0.3 is 40.7 Å². The molecule has 2 aromatic heterocycles. The lowest BCUT2D eigenvalue weighted by atomic mass is 9.80. The smallest absolute Gasteiger partial charge is 0.333 e. The molecular weight excluding hydrogens is 1160 g/mol. The summed E-state index contributed by atoms with van der Waals surface area (Å²) >= 11 is 0. The second-order valence-corrected chi connectivity index (χ2v) is 23.5. The van der Waals surface area contributed by atoms with Crippen LogP contribution in [0.3, 0.4) is 0 Å². The summed E-state index contributed by atoms with van der Waals surface area (Å²) < 4.78 is 12.8. The van der Waals surface area contributed by atoms with E-state index in [1.807, 2.05) is 110 Å². The van der Waals surface area contributed by atoms with E-state index in [1.165, 1.54) is 0 Å². The van der Waals surface area contributed by atoms with Crippen LogP contribution >= 0.6 is 0 Å². The zero-order valence-corrected chi connectivity index (χ0v) is 52.8. The van der Waals surface area contributed by atoms with Gasteiger partial charge in [-0.15, -0.1) is 0 Å². The number of Topliss-reactive ketones (excluding diaryl/α,β-unsaturated/α-hetero) is 1. The van der Waals surface area contributed by atoms with Crippen LogP contribution in [0.5, 0.6) is 0 Å². The lowest BCUT2D eigenvalue weighted by Crippen LogP contribution is -2.35. The van der Waals surface area contributed by atoms with Gasteiger partial charge in [0.2, 0.25) is 11.4 Å². The van der Waals surface area contributed by atoms with Crippen molar-refractivity contribution in [3.8, 4) is 0 Å². The molecule has 4 aromatic carbocycles. The highest BCUT2D eigenvalue weighted by atomic mass is 16.5. The number of aromatic nitrogens is 2. The molecule has 0 radical (unpaired) electrons. The second-order valence-electron chi connectivity index (χ2n) is 23.5. The lowest BCUT2D eigenvalue weighted by molar-refractivity contribution is -0.442. The Kier molecular flexibility index (Phi) is 21.6. The molecule has 4 aliphatic heterocycles. The largest absolute Gasteiger partial charge is 0.871 e. The molecule has 8 bridgehead atoms. The summed E-state index contributed by atoms with van der Waals surface area (Å²) in [7, 11) is 0. The Balaban J connectivity index is 0.000000225. The number of ether oxygens (including phenoxy) is 2. The summed E-state index contributed by atoms with van der Waals surface area (Å²) in [6.45, 7) is 21.3. The zero-order chi connectivity index (χ0) is 65.6. The average Bonchev–Trinajstić information content (AvgIpc) is 0.760. The number of amides is 4. The van der Waals surface area contributed by atoms with Crippen molar-refractivity contribution in [3.05, 3.63) is 249 Å². The molecule has 18 heteroatoms. The van der Waals surface area contributed by atoms with Gasteiger partial charge in [0.05, 0.1) is 6.54 Å². The van der Waals surface area contributed by atoms with Gasteiger partial charge in [-0.25, -0.2) is 19.6 Å². The molecule has 4 amide bonds. The minimum Gasteiger partial charge on any atom is -0.871 e. The van der Waals surface area contributed by atoms with Crippen molar-refractivity contribution in [2.75, 3.05) is 44.3 Å². The normalized spacial score (nSPS) is 16.7. The van der Waals surface area contributed by atoms with Crippen LogP contribution in [0.25, 0.3) is 5.57 Å². The number of ketones is 1. The second kappa shape index (κ2) is 30.3. The SMILES string of the molecule is C=C(C)C(=O)OCCN(c1ccc(C2=C([O-])C(=C3C=CC(=[N+](CCOC(=O)C(=C)C)c4ccc(C)cc4C)C=C3)C2=O)cc1)c1ccc(C)cc1C.O=C1NCc2ccc(cc2)CNC(=O)c2cccc(n2)C(=O)NCC2CCC(CC2)CNC(=O)c2cccc1n2. The molecule has 472 valence electrons. The third-order valence-corrected chi connectivity index (χ3v) is 16.3. The third-order valence-electron chi connectivity index (χ3n) is 16.3. The first-order valence-electron chi connectivity index (χ1n) is 30.7. The first-order chi connectivity index (χ1) is 44.2. The van der Waals surface area contributed by atoms with Crippen molar-refractivity contribution in [3.63, 3.8) is 0 Å². The molecule has 92 heavy (non-hydrogen) atoms. The summed E-state index contributed by atoms with van der Waals surface area (Å²) in [6, 6.07) is 36.7. The zero-order valence-electron chi connectivity index (χ0n) is 52.8. The van der Waals surface area contributed by atoms with E-state index in [9.17, 15) is 38.7 Å². The van der Waals surface area contributed by atoms with Gasteiger partial charge in [-0.3, -0.25) is 24.0 Å². The van der Waals surface area contributed by atoms with Gasteiger partial charge in [-0.2, -0.15) is 4.58 Å². The minimum absolute atomic E-state index is 0.148. The van der Waals surface area contributed by atoms with E-state index >= 15 is 0 Å². The predicted octanol–water partition coefficient (Wildman–Crippen LogP) is 9.78. The fraction of sp³-hybridized carbons (Fsp3) is 0.270. The Hall–Kier alpha value is -10.6. The molecule has 7 aliphatic rings. The van der Waals surface area contributed by atoms with Gasteiger partial charge in [0, 0.05) is 83.6 Å². The van der Waals surface area contributed by atoms with E-state index < -0.39 is 11.9 Å². The van der Waals surface area contributed by atoms with Crippen LogP contribution in [0.2, 0.25) is 0 Å². The number of nitrogens with one attached hydrogen (secondary N) is 4. The molecule has 3 aliphatic carbocycles. The molecule has 0 spiro atoms. The summed E-state index contributed by atoms with van der Waals surface area (Å²) in [5.74, 6) is -2.17. The summed E-state index contributed by atoms with van der Waals surface area (Å²) in [5.41, 5.74) is 12.5. The Labute approximate surface area is 536 Å². The topological polar surface area (TPSA) is 241 Å². The fourth-order valence-corrected chi connectivity index (χ4v) is 11.2. The van der Waals surface area contributed by atoms with Crippen LogP contribution in [0.15, 0.2) is 187 Å². The van der Waals surface area contributed by atoms with Crippen LogP contribution in [0.4, 0.5) is 17.1 Å². The van der Waals surface area contributed by atoms with Crippen molar-refractivity contribution >= 4 is 69.7 Å². The molecule has 6 aromatic rings. The molecule has 0 saturated heterocycles. The van der Waals surface area contributed by atoms with Crippen LogP contribution in [0, 0.1) is 39.5 Å². The van der Waals surface area contributed by atoms with Gasteiger partial charge >= 0.3 is 11.9 Å². The predicted molar refractivity (Wildman–Crippen MR) is 351 cm³/mol. The highest BCUT2D eigenvalue weighted by molar-refractivity contribution is 6.39. The van der Waals surface area contributed by atoms with Crippen LogP contribution < -0.4 is 31.3 Å². The molecule has 6 heterocycles. The van der Waals surface area contributed by atoms with Crippen molar-refractivity contribution in [2.45, 2.75) is 80.3 Å². The van der Waals surface area contributed by atoms with Crippen molar-refractivity contribution in [2.24, 2.45) is 11.8 Å². The third kappa shape index (κ3) is 16.6. The average molecular weight is 1240 g/mol. The minimum atomic E-state index is -0.448. The van der Waals surface area contributed by atoms with Crippen LogP contribution in [0.1, 0.15) is 120 Å². The maximum absolute atomic E-state index is 13.5. The number of aryl methyl sites for hydroxylation is 4. The number of hydrogen-bond donors (Lipinski definition) is 4. The van der Waals surface area contributed by atoms with Crippen LogP contribution in [-0.2, 0) is 36.9 Å². The van der Waals surface area contributed by atoms with Gasteiger partial charge in [0.15, 0.2) is 18.9 Å². The standard InChI is InChI=1S/C44H44N2O6.C30H32N6O4/c1-27(2)43(49)51-23-21-45(37-19-9-29(5)25-31(37)7)35-15-11-33(12-16-35)39-41(47)40(42(39)48)34-13-17-36(18-14-34)46(22-24-52-44(50)28(3)4)38-20-10-30(6)26-32(38)8;37-27-23-3-1-4-24(35-23)28(38)32-16-20-9-13-22(14-10-20)18-34-30(40)26-6-2-5-25(36-26)29(39)33-17-21-11-7-19(8-12-21)15-31-27/h9-20,25-26H,1,3,21-24H2,2,4-8H3;1-8,11-12,20,22H,9-10,13-18H2,(H,31,37)(H,32,38)(H,33,39)(H,34,40). The molecule has 1 saturated carbocycles. The van der Waals surface area contributed by atoms with E-state index in [0.717, 1.165) is 81.8 Å². The van der Waals surface area contributed by atoms with E-state index in [1.54, 1.807) is 74.5 Å². The highest BCUT2D eigenvalue weighted by Crippen LogP contribution is 2.39. The summed E-state index contributed by atoms with van der Waals surface area (Å²) in [5, 5.41) is 25.1. The molecule has 0 atom stereocenters. The number of nitrogens with zero attached hydrogens (tertiary/aromatic N) is 4. The number of carbonyl (C=O) groups is 7. The quantitative estimate of drug-likeness (QED) is 0.0507. The Bertz CT molecular complexity index is 3930. The van der Waals surface area contributed by atoms with Crippen molar-refractivity contribution in [1.82, 2.24) is 31.2 Å². The molecule has 1 fully saturated rings. The van der Waals surface area contributed by atoms with E-state index in [-0.39, 0.29) is 95.4 Å². The summed E-state index contributed by atoms with van der Waals surface area (Å²) in [6.07, 6.45) is 11.0. The molecule has 13 rings (SSSR count). The van der Waals surface area contributed by atoms with Gasteiger partial charge in [0.1, 0.15) is 29.4 Å². The van der Waals surface area contributed by atoms with Crippen molar-refractivity contribution < 1.29 is 52.7 Å². The first kappa shape index (κ1) is 65.8. The maximum Gasteiger partial charge on any atom is 0.333 e. The Morgan fingerprint density at radius 3 is 1.51 bits per heavy atom. The Morgan fingerprint density at radius 2 is 1.04 bits per heavy atom. The molecule has 0 unspecified atom stereocenters. The number of benzene rings is 4. The van der Waals surface area contributed by atoms with Gasteiger partial charge in [-0.1, -0.05) is 96.8 Å². The van der Waals surface area contributed by atoms with E-state index in [4.69, 9.17) is 9.47 Å². The van der Waals surface area contributed by atoms with Gasteiger partial charge in [0.25, 0.3) is 23.6 Å². The number of hydrogen-bond acceptors (Lipinski definition) is 13. The first-order valence-corrected chi connectivity index (χ1v) is 30.7. The van der Waals surface area contributed by atoms with E-state index in [2.05, 4.69) is 56.5 Å². The molecular formula is C74H76N8O10. The maximum atomic E-state index is 13.5. The fourth-order valence-electron chi connectivity index (χ4n) is 11.2. The number of rotatable bonds is 12. The van der Waals surface area contributed by atoms with Crippen LogP contribution in [-0.4, -0.2) is 101 Å². The summed E-state index contributed by atoms with van der Waals surface area (Å²) in [4.78, 5) is 99.0. The van der Waals surface area contributed by atoms with Crippen molar-refractivity contribution in [1.29, 1.82) is 0 Å². The number of anilines is 2. The van der Waals surface area contributed by atoms with Gasteiger partial charge in [-0.05, 0) is 168 Å². The lowest BCUT2D eigenvalue weighted by Gasteiger charge is -2.32. The van der Waals surface area contributed by atoms with E-state index in [0.29, 0.717) is 60.3 Å². The highest BCUT2D eigenvalue weighted by Gasteiger charge is 2.32.